The van der Waals surface area contributed by atoms with Crippen LogP contribution in [0.1, 0.15) is 35.6 Å². The number of nitrogens with zero attached hydrogens (tertiary/aromatic N) is 2. The monoisotopic (exact) mass is 387 g/mol. The van der Waals surface area contributed by atoms with Crippen LogP contribution in [0.4, 0.5) is 16.5 Å². The molecule has 2 heterocycles. The van der Waals surface area contributed by atoms with Gasteiger partial charge in [0.25, 0.3) is 0 Å². The number of anilines is 3. The van der Waals surface area contributed by atoms with Crippen LogP contribution in [-0.2, 0) is 11.2 Å². The summed E-state index contributed by atoms with van der Waals surface area (Å²) in [4.78, 5) is 20.4. The summed E-state index contributed by atoms with van der Waals surface area (Å²) in [7, 11) is 1.69. The lowest BCUT2D eigenvalue weighted by Crippen LogP contribution is -2.28. The molecule has 6 nitrogen and oxygen atoms in total. The number of methoxy groups -OCH3 is 1. The number of aromatic nitrogens is 1. The van der Waals surface area contributed by atoms with Crippen molar-refractivity contribution in [2.24, 2.45) is 5.41 Å². The normalized spacial score (nSPS) is 17.9. The van der Waals surface area contributed by atoms with Crippen LogP contribution in [0.2, 0.25) is 0 Å². The van der Waals surface area contributed by atoms with Gasteiger partial charge in [-0.15, -0.1) is 0 Å². The van der Waals surface area contributed by atoms with Gasteiger partial charge in [0.15, 0.2) is 10.9 Å². The van der Waals surface area contributed by atoms with Crippen LogP contribution in [0.3, 0.4) is 0 Å². The average molecular weight is 388 g/mol. The Morgan fingerprint density at radius 1 is 1.37 bits per heavy atom. The molecule has 1 aliphatic heterocycles. The fourth-order valence-corrected chi connectivity index (χ4v) is 4.71. The standard InChI is InChI=1S/C20H25N3O3S/c1-20(2)11-14-18(16(24)12-20)27-19(22-14)23-7-9-26-17-10-13(4-5-15(17)23)21-6-8-25-3/h4-5,10,21H,6-9,11-12H2,1-3H3. The maximum atomic E-state index is 12.5. The van der Waals surface area contributed by atoms with E-state index in [1.54, 1.807) is 7.11 Å². The number of Topliss-reactive ketones (excluding diaryl/α,β-unsaturated/α-hetero) is 1. The minimum atomic E-state index is -0.0128. The van der Waals surface area contributed by atoms with Crippen molar-refractivity contribution >= 4 is 33.6 Å². The van der Waals surface area contributed by atoms with Crippen molar-refractivity contribution in [2.75, 3.05) is 43.6 Å². The van der Waals surface area contributed by atoms with Crippen molar-refractivity contribution in [2.45, 2.75) is 26.7 Å². The van der Waals surface area contributed by atoms with Crippen LogP contribution in [0, 0.1) is 5.41 Å². The lowest BCUT2D eigenvalue weighted by Gasteiger charge is -2.29. The molecule has 0 atom stereocenters. The third-order valence-electron chi connectivity index (χ3n) is 4.91. The van der Waals surface area contributed by atoms with E-state index >= 15 is 0 Å². The Kier molecular flexibility index (Phi) is 4.82. The number of fused-ring (bicyclic) bond motifs is 2. The third kappa shape index (κ3) is 3.66. The number of thiazole rings is 1. The SMILES string of the molecule is COCCNc1ccc2c(c1)OCCN2c1nc2c(s1)C(=O)CC(C)(C)C2. The van der Waals surface area contributed by atoms with Gasteiger partial charge >= 0.3 is 0 Å². The summed E-state index contributed by atoms with van der Waals surface area (Å²) in [6, 6.07) is 6.10. The van der Waals surface area contributed by atoms with E-state index in [1.807, 2.05) is 12.1 Å². The first-order chi connectivity index (χ1) is 13.0. The second-order valence-corrected chi connectivity index (χ2v) is 8.79. The molecule has 7 heteroatoms. The number of carbonyl (C=O) groups excluding carboxylic acids is 1. The topological polar surface area (TPSA) is 63.7 Å². The Morgan fingerprint density at radius 2 is 2.22 bits per heavy atom. The number of hydrogen-bond donors (Lipinski definition) is 1. The molecule has 0 spiro atoms. The molecular formula is C20H25N3O3S. The molecule has 2 aromatic rings. The Morgan fingerprint density at radius 3 is 3.04 bits per heavy atom. The zero-order chi connectivity index (χ0) is 19.0. The number of carbonyl (C=O) groups is 1. The van der Waals surface area contributed by atoms with Gasteiger partial charge in [-0.2, -0.15) is 0 Å². The molecule has 1 aliphatic carbocycles. The minimum Gasteiger partial charge on any atom is -0.489 e. The van der Waals surface area contributed by atoms with Gasteiger partial charge in [-0.05, 0) is 24.0 Å². The number of ketones is 1. The van der Waals surface area contributed by atoms with Crippen molar-refractivity contribution < 1.29 is 14.3 Å². The summed E-state index contributed by atoms with van der Waals surface area (Å²) >= 11 is 1.51. The molecule has 144 valence electrons. The second-order valence-electron chi connectivity index (χ2n) is 7.82. The number of ether oxygens (including phenoxy) is 2. The van der Waals surface area contributed by atoms with Gasteiger partial charge in [0.1, 0.15) is 12.4 Å². The highest BCUT2D eigenvalue weighted by Gasteiger charge is 2.35. The van der Waals surface area contributed by atoms with Crippen LogP contribution >= 0.6 is 11.3 Å². The highest BCUT2D eigenvalue weighted by Crippen LogP contribution is 2.43. The van der Waals surface area contributed by atoms with Gasteiger partial charge in [-0.3, -0.25) is 4.79 Å². The van der Waals surface area contributed by atoms with Gasteiger partial charge in [0, 0.05) is 31.8 Å². The van der Waals surface area contributed by atoms with Crippen LogP contribution in [0.25, 0.3) is 0 Å². The van der Waals surface area contributed by atoms with Crippen molar-refractivity contribution in [1.29, 1.82) is 0 Å². The second kappa shape index (κ2) is 7.13. The molecular weight excluding hydrogens is 362 g/mol. The molecule has 0 saturated carbocycles. The summed E-state index contributed by atoms with van der Waals surface area (Å²) in [5.41, 5.74) is 2.93. The van der Waals surface area contributed by atoms with Crippen LogP contribution in [-0.4, -0.2) is 44.2 Å². The fraction of sp³-hybridized carbons (Fsp3) is 0.500. The molecule has 1 aromatic carbocycles. The highest BCUT2D eigenvalue weighted by molar-refractivity contribution is 7.17. The number of rotatable bonds is 5. The summed E-state index contributed by atoms with van der Waals surface area (Å²) < 4.78 is 11.0. The molecule has 2 aliphatic rings. The average Bonchev–Trinajstić information content (AvgIpc) is 3.04. The maximum absolute atomic E-state index is 12.5. The summed E-state index contributed by atoms with van der Waals surface area (Å²) in [5, 5.41) is 4.21. The molecule has 0 saturated heterocycles. The van der Waals surface area contributed by atoms with Gasteiger partial charge < -0.3 is 19.7 Å². The zero-order valence-corrected chi connectivity index (χ0v) is 16.8. The predicted octanol–water partition coefficient (Wildman–Crippen LogP) is 3.89. The van der Waals surface area contributed by atoms with Gasteiger partial charge in [0.2, 0.25) is 0 Å². The van der Waals surface area contributed by atoms with Crippen LogP contribution in [0.15, 0.2) is 18.2 Å². The Hall–Kier alpha value is -2.12. The van der Waals surface area contributed by atoms with E-state index in [9.17, 15) is 4.79 Å². The molecule has 1 aromatic heterocycles. The zero-order valence-electron chi connectivity index (χ0n) is 16.0. The quantitative estimate of drug-likeness (QED) is 0.786. The fourth-order valence-electron chi connectivity index (χ4n) is 3.65. The predicted molar refractivity (Wildman–Crippen MR) is 108 cm³/mol. The van der Waals surface area contributed by atoms with Crippen molar-refractivity contribution in [3.63, 3.8) is 0 Å². The summed E-state index contributed by atoms with van der Waals surface area (Å²) in [5.74, 6) is 1.06. The van der Waals surface area contributed by atoms with E-state index < -0.39 is 0 Å². The minimum absolute atomic E-state index is 0.0128. The van der Waals surface area contributed by atoms with Crippen molar-refractivity contribution in [3.8, 4) is 5.75 Å². The van der Waals surface area contributed by atoms with E-state index in [4.69, 9.17) is 14.5 Å². The van der Waals surface area contributed by atoms with E-state index in [0.29, 0.717) is 19.6 Å². The molecule has 0 fully saturated rings. The smallest absolute Gasteiger partial charge is 0.190 e. The molecule has 0 amide bonds. The molecule has 0 radical (unpaired) electrons. The summed E-state index contributed by atoms with van der Waals surface area (Å²) in [6.45, 7) is 6.99. The van der Waals surface area contributed by atoms with Crippen LogP contribution < -0.4 is 15.0 Å². The Bertz CT molecular complexity index is 862. The van der Waals surface area contributed by atoms with Crippen LogP contribution in [0.5, 0.6) is 5.75 Å². The maximum Gasteiger partial charge on any atom is 0.190 e. The lowest BCUT2D eigenvalue weighted by atomic mass is 9.78. The number of hydrogen-bond acceptors (Lipinski definition) is 7. The first-order valence-corrected chi connectivity index (χ1v) is 10.1. The van der Waals surface area contributed by atoms with Gasteiger partial charge in [-0.25, -0.2) is 4.98 Å². The van der Waals surface area contributed by atoms with E-state index in [-0.39, 0.29) is 11.2 Å². The Labute approximate surface area is 163 Å². The Balaban J connectivity index is 1.61. The van der Waals surface area contributed by atoms with E-state index in [1.165, 1.54) is 11.3 Å². The van der Waals surface area contributed by atoms with E-state index in [0.717, 1.165) is 52.3 Å². The van der Waals surface area contributed by atoms with E-state index in [2.05, 4.69) is 30.1 Å². The molecule has 27 heavy (non-hydrogen) atoms. The third-order valence-corrected chi connectivity index (χ3v) is 6.08. The molecule has 0 bridgehead atoms. The van der Waals surface area contributed by atoms with Crippen molar-refractivity contribution in [3.05, 3.63) is 28.8 Å². The summed E-state index contributed by atoms with van der Waals surface area (Å²) in [6.07, 6.45) is 1.45. The molecule has 0 unspecified atom stereocenters. The van der Waals surface area contributed by atoms with Gasteiger partial charge in [-0.1, -0.05) is 25.2 Å². The molecule has 4 rings (SSSR count). The highest BCUT2D eigenvalue weighted by atomic mass is 32.1. The van der Waals surface area contributed by atoms with Crippen molar-refractivity contribution in [1.82, 2.24) is 4.98 Å². The van der Waals surface area contributed by atoms with Gasteiger partial charge in [0.05, 0.1) is 29.4 Å². The lowest BCUT2D eigenvalue weighted by molar-refractivity contribution is 0.0916. The first kappa shape index (κ1) is 18.3. The largest absolute Gasteiger partial charge is 0.489 e. The number of nitrogens with one attached hydrogen (secondary N) is 1. The number of benzene rings is 1. The molecule has 1 N–H and O–H groups in total. The first-order valence-electron chi connectivity index (χ1n) is 9.27.